The number of nitrogens with two attached hydrogens (primary N) is 1. The zero-order chi connectivity index (χ0) is 15.0. The second-order valence-electron chi connectivity index (χ2n) is 5.54. The molecule has 0 aliphatic rings. The summed E-state index contributed by atoms with van der Waals surface area (Å²) in [4.78, 5) is 12.0. The summed E-state index contributed by atoms with van der Waals surface area (Å²) in [5.74, 6) is 0.114. The Labute approximate surface area is 122 Å². The molecule has 0 spiro atoms. The highest BCUT2D eigenvalue weighted by atomic mass is 16.4. The third-order valence-electron chi connectivity index (χ3n) is 3.70. The Morgan fingerprint density at radius 2 is 1.86 bits per heavy atom. The maximum atomic E-state index is 12.0. The van der Waals surface area contributed by atoms with E-state index in [2.05, 4.69) is 26.0 Å². The number of para-hydroxylation sites is 1. The van der Waals surface area contributed by atoms with Crippen LogP contribution in [0.3, 0.4) is 0 Å². The minimum Gasteiger partial charge on any atom is -0.408 e. The molecule has 0 aliphatic heterocycles. The number of fused-ring (bicyclic) bond motifs is 1. The molecule has 0 unspecified atom stereocenters. The standard InChI is InChI=1S/C17H18N2O2/c1-11(2)13-8-6-12(7-9-13)10-19-16-14(18)4-3-5-15(16)21-17(19)20/h3-9,11H,10,18H2,1-2H3. The van der Waals surface area contributed by atoms with Gasteiger partial charge in [-0.15, -0.1) is 0 Å². The molecule has 2 aromatic carbocycles. The minimum absolute atomic E-state index is 0.379. The summed E-state index contributed by atoms with van der Waals surface area (Å²) in [6, 6.07) is 13.6. The Bertz CT molecular complexity index is 826. The van der Waals surface area contributed by atoms with Crippen molar-refractivity contribution < 1.29 is 4.42 Å². The number of hydrogen-bond donors (Lipinski definition) is 1. The van der Waals surface area contributed by atoms with Gasteiger partial charge in [0.2, 0.25) is 0 Å². The number of rotatable bonds is 3. The van der Waals surface area contributed by atoms with E-state index in [-0.39, 0.29) is 5.76 Å². The third-order valence-corrected chi connectivity index (χ3v) is 3.70. The monoisotopic (exact) mass is 282 g/mol. The van der Waals surface area contributed by atoms with E-state index in [9.17, 15) is 4.79 Å². The van der Waals surface area contributed by atoms with Gasteiger partial charge >= 0.3 is 5.76 Å². The fourth-order valence-corrected chi connectivity index (χ4v) is 2.49. The normalized spacial score (nSPS) is 11.4. The van der Waals surface area contributed by atoms with Crippen molar-refractivity contribution >= 4 is 16.8 Å². The lowest BCUT2D eigenvalue weighted by Gasteiger charge is -2.08. The molecule has 3 rings (SSSR count). The van der Waals surface area contributed by atoms with Crippen molar-refractivity contribution in [1.82, 2.24) is 4.57 Å². The van der Waals surface area contributed by atoms with Gasteiger partial charge in [-0.2, -0.15) is 0 Å². The zero-order valence-electron chi connectivity index (χ0n) is 12.2. The number of hydrogen-bond acceptors (Lipinski definition) is 3. The van der Waals surface area contributed by atoms with E-state index in [4.69, 9.17) is 10.2 Å². The smallest absolute Gasteiger partial charge is 0.408 e. The van der Waals surface area contributed by atoms with Crippen molar-refractivity contribution in [3.63, 3.8) is 0 Å². The van der Waals surface area contributed by atoms with Crippen molar-refractivity contribution in [1.29, 1.82) is 0 Å². The van der Waals surface area contributed by atoms with Gasteiger partial charge in [0, 0.05) is 0 Å². The number of aromatic nitrogens is 1. The summed E-state index contributed by atoms with van der Waals surface area (Å²) < 4.78 is 6.82. The van der Waals surface area contributed by atoms with E-state index >= 15 is 0 Å². The quantitative estimate of drug-likeness (QED) is 0.749. The van der Waals surface area contributed by atoms with Crippen molar-refractivity contribution in [2.75, 3.05) is 5.73 Å². The van der Waals surface area contributed by atoms with Crippen molar-refractivity contribution in [2.24, 2.45) is 0 Å². The summed E-state index contributed by atoms with van der Waals surface area (Å²) in [5.41, 5.74) is 10.0. The highest BCUT2D eigenvalue weighted by molar-refractivity contribution is 5.85. The summed E-state index contributed by atoms with van der Waals surface area (Å²) >= 11 is 0. The van der Waals surface area contributed by atoms with Crippen LogP contribution in [-0.2, 0) is 6.54 Å². The van der Waals surface area contributed by atoms with Gasteiger partial charge in [-0.25, -0.2) is 4.79 Å². The van der Waals surface area contributed by atoms with E-state index in [1.807, 2.05) is 12.1 Å². The first-order valence-electron chi connectivity index (χ1n) is 7.03. The van der Waals surface area contributed by atoms with Crippen LogP contribution in [0.25, 0.3) is 11.1 Å². The summed E-state index contributed by atoms with van der Waals surface area (Å²) in [6.07, 6.45) is 0. The molecule has 0 saturated carbocycles. The Morgan fingerprint density at radius 3 is 2.52 bits per heavy atom. The van der Waals surface area contributed by atoms with E-state index in [1.54, 1.807) is 22.8 Å². The van der Waals surface area contributed by atoms with Crippen LogP contribution in [0.1, 0.15) is 30.9 Å². The van der Waals surface area contributed by atoms with Crippen LogP contribution in [0, 0.1) is 0 Å². The number of oxazole rings is 1. The molecule has 3 aromatic rings. The average Bonchev–Trinajstić information content (AvgIpc) is 2.77. The Hall–Kier alpha value is -2.49. The van der Waals surface area contributed by atoms with Gasteiger partial charge < -0.3 is 10.2 Å². The van der Waals surface area contributed by atoms with Crippen LogP contribution in [-0.4, -0.2) is 4.57 Å². The van der Waals surface area contributed by atoms with Crippen LogP contribution in [0.2, 0.25) is 0 Å². The lowest BCUT2D eigenvalue weighted by atomic mass is 10.0. The molecule has 0 radical (unpaired) electrons. The fourth-order valence-electron chi connectivity index (χ4n) is 2.49. The molecule has 0 bridgehead atoms. The largest absolute Gasteiger partial charge is 0.420 e. The second-order valence-corrected chi connectivity index (χ2v) is 5.54. The van der Waals surface area contributed by atoms with Gasteiger partial charge in [0.1, 0.15) is 5.52 Å². The molecule has 0 amide bonds. The number of nitrogens with zero attached hydrogens (tertiary/aromatic N) is 1. The lowest BCUT2D eigenvalue weighted by molar-refractivity contribution is 0.517. The predicted octanol–water partition coefficient (Wildman–Crippen LogP) is 3.35. The third kappa shape index (κ3) is 2.44. The Morgan fingerprint density at radius 1 is 1.14 bits per heavy atom. The fraction of sp³-hybridized carbons (Fsp3) is 0.235. The van der Waals surface area contributed by atoms with Crippen LogP contribution >= 0.6 is 0 Å². The van der Waals surface area contributed by atoms with Gasteiger partial charge in [0.15, 0.2) is 5.58 Å². The molecule has 1 heterocycles. The average molecular weight is 282 g/mol. The van der Waals surface area contributed by atoms with Crippen LogP contribution in [0.15, 0.2) is 51.7 Å². The van der Waals surface area contributed by atoms with E-state index in [0.717, 1.165) is 5.56 Å². The molecular formula is C17H18N2O2. The first kappa shape index (κ1) is 13.5. The van der Waals surface area contributed by atoms with Crippen LogP contribution < -0.4 is 11.5 Å². The molecule has 108 valence electrons. The lowest BCUT2D eigenvalue weighted by Crippen LogP contribution is -2.15. The van der Waals surface area contributed by atoms with Crippen LogP contribution in [0.4, 0.5) is 5.69 Å². The summed E-state index contributed by atoms with van der Waals surface area (Å²) in [7, 11) is 0. The minimum atomic E-state index is -0.379. The molecule has 2 N–H and O–H groups in total. The van der Waals surface area contributed by atoms with E-state index in [0.29, 0.717) is 29.2 Å². The molecule has 4 heteroatoms. The second kappa shape index (κ2) is 5.13. The van der Waals surface area contributed by atoms with Gasteiger partial charge in [-0.1, -0.05) is 44.2 Å². The molecule has 0 atom stereocenters. The first-order valence-corrected chi connectivity index (χ1v) is 7.03. The molecule has 4 nitrogen and oxygen atoms in total. The first-order chi connectivity index (χ1) is 10.1. The van der Waals surface area contributed by atoms with Gasteiger partial charge in [-0.05, 0) is 29.2 Å². The number of nitrogen functional groups attached to an aromatic ring is 1. The van der Waals surface area contributed by atoms with Crippen LogP contribution in [0.5, 0.6) is 0 Å². The highest BCUT2D eigenvalue weighted by Crippen LogP contribution is 2.21. The molecule has 1 aromatic heterocycles. The summed E-state index contributed by atoms with van der Waals surface area (Å²) in [6.45, 7) is 4.77. The SMILES string of the molecule is CC(C)c1ccc(Cn2c(=O)oc3cccc(N)c32)cc1. The molecule has 21 heavy (non-hydrogen) atoms. The number of benzene rings is 2. The molecule has 0 aliphatic carbocycles. The molecular weight excluding hydrogens is 264 g/mol. The predicted molar refractivity (Wildman–Crippen MR) is 84.5 cm³/mol. The highest BCUT2D eigenvalue weighted by Gasteiger charge is 2.12. The zero-order valence-corrected chi connectivity index (χ0v) is 12.2. The Balaban J connectivity index is 2.02. The van der Waals surface area contributed by atoms with Crippen molar-refractivity contribution in [2.45, 2.75) is 26.3 Å². The molecule has 0 fully saturated rings. The summed E-state index contributed by atoms with van der Waals surface area (Å²) in [5, 5.41) is 0. The number of anilines is 1. The van der Waals surface area contributed by atoms with Gasteiger partial charge in [0.05, 0.1) is 12.2 Å². The Kier molecular flexibility index (Phi) is 3.29. The van der Waals surface area contributed by atoms with Crippen molar-refractivity contribution in [3.05, 3.63) is 64.1 Å². The van der Waals surface area contributed by atoms with Gasteiger partial charge in [0.25, 0.3) is 0 Å². The van der Waals surface area contributed by atoms with Gasteiger partial charge in [-0.3, -0.25) is 4.57 Å². The molecule has 0 saturated heterocycles. The van der Waals surface area contributed by atoms with Crippen molar-refractivity contribution in [3.8, 4) is 0 Å². The topological polar surface area (TPSA) is 61.2 Å². The van der Waals surface area contributed by atoms with E-state index < -0.39 is 0 Å². The maximum absolute atomic E-state index is 12.0. The maximum Gasteiger partial charge on any atom is 0.420 e. The van der Waals surface area contributed by atoms with E-state index in [1.165, 1.54) is 5.56 Å².